The van der Waals surface area contributed by atoms with E-state index in [1.165, 1.54) is 11.9 Å². The summed E-state index contributed by atoms with van der Waals surface area (Å²) in [4.78, 5) is 47.9. The van der Waals surface area contributed by atoms with Crippen molar-refractivity contribution >= 4 is 23.6 Å². The molecule has 0 aromatic rings. The Balaban J connectivity index is 2.67. The zero-order valence-electron chi connectivity index (χ0n) is 15.5. The number of likely N-dealkylation sites (N-methyl/N-ethyl adjacent to an activating group) is 1. The van der Waals surface area contributed by atoms with Crippen LogP contribution >= 0.6 is 0 Å². The van der Waals surface area contributed by atoms with E-state index in [1.54, 1.807) is 14.0 Å². The van der Waals surface area contributed by atoms with Gasteiger partial charge in [0.05, 0.1) is 0 Å². The van der Waals surface area contributed by atoms with Crippen LogP contribution in [0.4, 0.5) is 0 Å². The number of hydrogen-bond acceptors (Lipinski definition) is 5. The lowest BCUT2D eigenvalue weighted by Crippen LogP contribution is -2.61. The van der Waals surface area contributed by atoms with Crippen LogP contribution in [0.2, 0.25) is 0 Å². The molecule has 3 unspecified atom stereocenters. The van der Waals surface area contributed by atoms with E-state index >= 15 is 0 Å². The van der Waals surface area contributed by atoms with Crippen molar-refractivity contribution in [3.63, 3.8) is 0 Å². The highest BCUT2D eigenvalue weighted by Gasteiger charge is 2.31. The van der Waals surface area contributed by atoms with E-state index in [0.717, 1.165) is 0 Å². The first-order valence-corrected chi connectivity index (χ1v) is 8.54. The first kappa shape index (κ1) is 20.9. The van der Waals surface area contributed by atoms with Gasteiger partial charge in [0.15, 0.2) is 0 Å². The fourth-order valence-electron chi connectivity index (χ4n) is 2.66. The van der Waals surface area contributed by atoms with Crippen molar-refractivity contribution in [1.82, 2.24) is 26.4 Å². The molecule has 0 saturated carbocycles. The summed E-state index contributed by atoms with van der Waals surface area (Å²) in [7, 11) is 1.54. The monoisotopic (exact) mass is 355 g/mol. The zero-order chi connectivity index (χ0) is 19.1. The van der Waals surface area contributed by atoms with Crippen LogP contribution in [-0.4, -0.2) is 60.4 Å². The van der Waals surface area contributed by atoms with Crippen LogP contribution < -0.4 is 21.4 Å². The van der Waals surface area contributed by atoms with E-state index in [-0.39, 0.29) is 23.6 Å². The normalized spacial score (nSPS) is 19.8. The quantitative estimate of drug-likeness (QED) is 0.482. The number of nitrogens with one attached hydrogen (secondary N) is 4. The Bertz CT molecular complexity index is 523. The van der Waals surface area contributed by atoms with Crippen molar-refractivity contribution in [3.8, 4) is 0 Å². The van der Waals surface area contributed by atoms with Crippen molar-refractivity contribution < 1.29 is 19.2 Å². The van der Waals surface area contributed by atoms with Gasteiger partial charge in [-0.25, -0.2) is 5.43 Å². The predicted octanol–water partition coefficient (Wildman–Crippen LogP) is -1.11. The topological polar surface area (TPSA) is 120 Å². The number of hydrogen-bond donors (Lipinski definition) is 4. The summed E-state index contributed by atoms with van der Waals surface area (Å²) in [5.74, 6) is -1.34. The SMILES string of the molecule is CNC(=O)C1CCCN(C(=O)C(C)NC(=O)C(NC(C)=O)C(C)C)N1. The summed E-state index contributed by atoms with van der Waals surface area (Å²) in [6.45, 7) is 7.01. The molecule has 0 spiro atoms. The van der Waals surface area contributed by atoms with Crippen LogP contribution in [0.3, 0.4) is 0 Å². The highest BCUT2D eigenvalue weighted by Crippen LogP contribution is 2.09. The maximum atomic E-state index is 12.5. The highest BCUT2D eigenvalue weighted by molar-refractivity contribution is 5.92. The molecule has 3 atom stereocenters. The average molecular weight is 355 g/mol. The molecular weight excluding hydrogens is 326 g/mol. The zero-order valence-corrected chi connectivity index (χ0v) is 15.5. The minimum absolute atomic E-state index is 0.114. The van der Waals surface area contributed by atoms with E-state index in [2.05, 4.69) is 21.4 Å². The fourth-order valence-corrected chi connectivity index (χ4v) is 2.66. The Labute approximate surface area is 148 Å². The Morgan fingerprint density at radius 3 is 2.28 bits per heavy atom. The molecule has 0 aliphatic carbocycles. The molecule has 1 heterocycles. The Morgan fingerprint density at radius 1 is 1.12 bits per heavy atom. The van der Waals surface area contributed by atoms with Crippen LogP contribution in [0.25, 0.3) is 0 Å². The third-order valence-corrected chi connectivity index (χ3v) is 4.05. The van der Waals surface area contributed by atoms with Gasteiger partial charge in [-0.1, -0.05) is 13.8 Å². The third-order valence-electron chi connectivity index (χ3n) is 4.05. The molecule has 25 heavy (non-hydrogen) atoms. The molecule has 1 aliphatic rings. The van der Waals surface area contributed by atoms with E-state index in [4.69, 9.17) is 0 Å². The molecule has 1 aliphatic heterocycles. The number of rotatable bonds is 6. The number of carbonyl (C=O) groups excluding carboxylic acids is 4. The maximum Gasteiger partial charge on any atom is 0.258 e. The average Bonchev–Trinajstić information content (AvgIpc) is 2.57. The molecule has 0 aromatic carbocycles. The van der Waals surface area contributed by atoms with Gasteiger partial charge in [-0.2, -0.15) is 0 Å². The van der Waals surface area contributed by atoms with E-state index in [9.17, 15) is 19.2 Å². The van der Waals surface area contributed by atoms with Crippen LogP contribution in [-0.2, 0) is 19.2 Å². The minimum atomic E-state index is -0.779. The number of nitrogens with zero attached hydrogens (tertiary/aromatic N) is 1. The standard InChI is InChI=1S/C16H29N5O4/c1-9(2)13(19-11(4)22)15(24)18-10(3)16(25)21-8-6-7-12(20-21)14(23)17-5/h9-10,12-13,20H,6-8H2,1-5H3,(H,17,23)(H,18,24)(H,19,22). The summed E-state index contributed by atoms with van der Waals surface area (Å²) in [5, 5.41) is 9.15. The Morgan fingerprint density at radius 2 is 1.76 bits per heavy atom. The van der Waals surface area contributed by atoms with Gasteiger partial charge in [-0.05, 0) is 25.7 Å². The fraction of sp³-hybridized carbons (Fsp3) is 0.750. The maximum absolute atomic E-state index is 12.5. The van der Waals surface area contributed by atoms with Crippen LogP contribution in [0.1, 0.15) is 40.5 Å². The van der Waals surface area contributed by atoms with E-state index in [0.29, 0.717) is 19.4 Å². The highest BCUT2D eigenvalue weighted by atomic mass is 16.2. The summed E-state index contributed by atoms with van der Waals surface area (Å²) in [6.07, 6.45) is 1.33. The van der Waals surface area contributed by atoms with Gasteiger partial charge in [0.1, 0.15) is 18.1 Å². The minimum Gasteiger partial charge on any atom is -0.358 e. The van der Waals surface area contributed by atoms with Crippen molar-refractivity contribution in [2.75, 3.05) is 13.6 Å². The molecule has 4 N–H and O–H groups in total. The van der Waals surface area contributed by atoms with Crippen molar-refractivity contribution in [2.45, 2.75) is 58.7 Å². The van der Waals surface area contributed by atoms with Crippen LogP contribution in [0.15, 0.2) is 0 Å². The van der Waals surface area contributed by atoms with Crippen molar-refractivity contribution in [1.29, 1.82) is 0 Å². The molecule has 0 aromatic heterocycles. The number of hydrazine groups is 1. The largest absolute Gasteiger partial charge is 0.358 e. The van der Waals surface area contributed by atoms with E-state index < -0.39 is 24.0 Å². The van der Waals surface area contributed by atoms with Gasteiger partial charge in [0, 0.05) is 20.5 Å². The Kier molecular flexibility index (Phi) is 7.82. The summed E-state index contributed by atoms with van der Waals surface area (Å²) >= 11 is 0. The molecule has 9 heteroatoms. The molecule has 4 amide bonds. The van der Waals surface area contributed by atoms with Gasteiger partial charge < -0.3 is 16.0 Å². The Hall–Kier alpha value is -2.16. The van der Waals surface area contributed by atoms with Crippen molar-refractivity contribution in [2.24, 2.45) is 5.92 Å². The number of carbonyl (C=O) groups is 4. The van der Waals surface area contributed by atoms with Gasteiger partial charge in [-0.15, -0.1) is 0 Å². The lowest BCUT2D eigenvalue weighted by Gasteiger charge is -2.34. The lowest BCUT2D eigenvalue weighted by atomic mass is 10.0. The molecular formula is C16H29N5O4. The second-order valence-electron chi connectivity index (χ2n) is 6.58. The van der Waals surface area contributed by atoms with E-state index in [1.807, 2.05) is 13.8 Å². The first-order chi connectivity index (χ1) is 11.7. The van der Waals surface area contributed by atoms with Crippen LogP contribution in [0, 0.1) is 5.92 Å². The van der Waals surface area contributed by atoms with Gasteiger partial charge in [-0.3, -0.25) is 24.2 Å². The summed E-state index contributed by atoms with van der Waals surface area (Å²) in [6, 6.07) is -1.95. The number of amides is 4. The smallest absolute Gasteiger partial charge is 0.258 e. The van der Waals surface area contributed by atoms with Gasteiger partial charge >= 0.3 is 0 Å². The second-order valence-corrected chi connectivity index (χ2v) is 6.58. The molecule has 0 bridgehead atoms. The second kappa shape index (κ2) is 9.36. The summed E-state index contributed by atoms with van der Waals surface area (Å²) < 4.78 is 0. The first-order valence-electron chi connectivity index (χ1n) is 8.54. The summed E-state index contributed by atoms with van der Waals surface area (Å²) in [5.41, 5.74) is 2.89. The lowest BCUT2D eigenvalue weighted by molar-refractivity contribution is -0.143. The van der Waals surface area contributed by atoms with Crippen molar-refractivity contribution in [3.05, 3.63) is 0 Å². The van der Waals surface area contributed by atoms with Gasteiger partial charge in [0.25, 0.3) is 5.91 Å². The molecule has 9 nitrogen and oxygen atoms in total. The van der Waals surface area contributed by atoms with Crippen LogP contribution in [0.5, 0.6) is 0 Å². The molecule has 1 saturated heterocycles. The third kappa shape index (κ3) is 6.00. The van der Waals surface area contributed by atoms with Gasteiger partial charge in [0.2, 0.25) is 17.7 Å². The molecule has 1 rings (SSSR count). The molecule has 142 valence electrons. The predicted molar refractivity (Wildman–Crippen MR) is 92.0 cm³/mol. The molecule has 0 radical (unpaired) electrons. The molecule has 1 fully saturated rings.